The number of hydrogen-bond acceptors (Lipinski definition) is 6. The number of likely N-dealkylation sites (N-methyl/N-ethyl adjacent to an activating group) is 1. The summed E-state index contributed by atoms with van der Waals surface area (Å²) in [7, 11) is 3.24. The summed E-state index contributed by atoms with van der Waals surface area (Å²) in [5.74, 6) is 1.35. The molecule has 2 aromatic rings. The number of nitrogens with zero attached hydrogens (tertiary/aromatic N) is 4. The lowest BCUT2D eigenvalue weighted by atomic mass is 9.97. The van der Waals surface area contributed by atoms with Crippen molar-refractivity contribution in [2.45, 2.75) is 19.4 Å². The average molecular weight is 471 g/mol. The molecule has 0 aromatic heterocycles. The van der Waals surface area contributed by atoms with E-state index in [-0.39, 0.29) is 11.9 Å². The lowest BCUT2D eigenvalue weighted by molar-refractivity contribution is -0.134. The van der Waals surface area contributed by atoms with Gasteiger partial charge in [-0.3, -0.25) is 9.69 Å². The first-order valence-electron chi connectivity index (χ1n) is 11.3. The van der Waals surface area contributed by atoms with Gasteiger partial charge in [-0.2, -0.15) is 5.10 Å². The van der Waals surface area contributed by atoms with Gasteiger partial charge < -0.3 is 14.4 Å². The lowest BCUT2D eigenvalue weighted by Gasteiger charge is -2.34. The second kappa shape index (κ2) is 10.5. The number of piperazine rings is 1. The standard InChI is InChI=1S/C25H31ClN4O3/c1-4-28-11-13-29(14-12-28)17-25(31)30-23(19-7-5-6-8-21(19)26)16-22(27-30)20-10-9-18(32-2)15-24(20)33-3/h5-10,15,23H,4,11-14,16-17H2,1-3H3/t23-/m1/s1. The Labute approximate surface area is 200 Å². The van der Waals surface area contributed by atoms with E-state index in [9.17, 15) is 4.79 Å². The normalized spacial score (nSPS) is 19.5. The van der Waals surface area contributed by atoms with Crippen LogP contribution in [0, 0.1) is 0 Å². The number of hydrazone groups is 1. The van der Waals surface area contributed by atoms with Gasteiger partial charge in [0.2, 0.25) is 0 Å². The van der Waals surface area contributed by atoms with Crippen LogP contribution in [0.1, 0.15) is 30.5 Å². The van der Waals surface area contributed by atoms with E-state index in [0.717, 1.165) is 49.6 Å². The van der Waals surface area contributed by atoms with Gasteiger partial charge in [0.1, 0.15) is 11.5 Å². The summed E-state index contributed by atoms with van der Waals surface area (Å²) in [5.41, 5.74) is 2.54. The SMILES string of the molecule is CCN1CCN(CC(=O)N2N=C(c3ccc(OC)cc3OC)C[C@@H]2c2ccccc2Cl)CC1. The third-order valence-corrected chi connectivity index (χ3v) is 6.76. The third-order valence-electron chi connectivity index (χ3n) is 6.42. The predicted octanol–water partition coefficient (Wildman–Crippen LogP) is 3.67. The molecule has 1 fully saturated rings. The number of carbonyl (C=O) groups is 1. The number of rotatable bonds is 7. The molecule has 1 atom stereocenters. The fourth-order valence-electron chi connectivity index (χ4n) is 4.45. The van der Waals surface area contributed by atoms with Crippen molar-refractivity contribution in [2.75, 3.05) is 53.5 Å². The molecule has 7 nitrogen and oxygen atoms in total. The highest BCUT2D eigenvalue weighted by molar-refractivity contribution is 6.31. The van der Waals surface area contributed by atoms with E-state index >= 15 is 0 Å². The van der Waals surface area contributed by atoms with Crippen molar-refractivity contribution in [3.63, 3.8) is 0 Å². The van der Waals surface area contributed by atoms with E-state index in [2.05, 4.69) is 16.7 Å². The van der Waals surface area contributed by atoms with Crippen LogP contribution in [0.5, 0.6) is 11.5 Å². The molecule has 1 saturated heterocycles. The Kier molecular flexibility index (Phi) is 7.53. The molecular formula is C25H31ClN4O3. The summed E-state index contributed by atoms with van der Waals surface area (Å²) in [5, 5.41) is 7.05. The third kappa shape index (κ3) is 5.16. The van der Waals surface area contributed by atoms with Crippen LogP contribution < -0.4 is 9.47 Å². The van der Waals surface area contributed by atoms with Crippen molar-refractivity contribution >= 4 is 23.2 Å². The van der Waals surface area contributed by atoms with Gasteiger partial charge in [-0.15, -0.1) is 0 Å². The van der Waals surface area contributed by atoms with Crippen LogP contribution in [0.2, 0.25) is 5.02 Å². The molecule has 2 aliphatic heterocycles. The van der Waals surface area contributed by atoms with Crippen LogP contribution in [0.4, 0.5) is 0 Å². The largest absolute Gasteiger partial charge is 0.497 e. The summed E-state index contributed by atoms with van der Waals surface area (Å²) in [4.78, 5) is 18.1. The first-order valence-corrected chi connectivity index (χ1v) is 11.7. The minimum Gasteiger partial charge on any atom is -0.497 e. The number of amides is 1. The molecule has 4 rings (SSSR count). The predicted molar refractivity (Wildman–Crippen MR) is 130 cm³/mol. The fraction of sp³-hybridized carbons (Fsp3) is 0.440. The Morgan fingerprint density at radius 1 is 1.06 bits per heavy atom. The second-order valence-electron chi connectivity index (χ2n) is 8.30. The molecule has 0 radical (unpaired) electrons. The van der Waals surface area contributed by atoms with E-state index in [4.69, 9.17) is 26.2 Å². The molecule has 176 valence electrons. The van der Waals surface area contributed by atoms with Gasteiger partial charge in [0.15, 0.2) is 0 Å². The van der Waals surface area contributed by atoms with Crippen molar-refractivity contribution < 1.29 is 14.3 Å². The molecule has 33 heavy (non-hydrogen) atoms. The average Bonchev–Trinajstić information content (AvgIpc) is 3.29. The molecule has 2 heterocycles. The maximum Gasteiger partial charge on any atom is 0.257 e. The number of ether oxygens (including phenoxy) is 2. The summed E-state index contributed by atoms with van der Waals surface area (Å²) in [6.45, 7) is 7.28. The number of methoxy groups -OCH3 is 2. The molecule has 0 unspecified atom stereocenters. The van der Waals surface area contributed by atoms with Crippen molar-refractivity contribution in [1.82, 2.24) is 14.8 Å². The van der Waals surface area contributed by atoms with E-state index in [1.165, 1.54) is 0 Å². The molecule has 0 bridgehead atoms. The van der Waals surface area contributed by atoms with Gasteiger partial charge in [0, 0.05) is 49.3 Å². The zero-order chi connectivity index (χ0) is 23.4. The molecule has 0 aliphatic carbocycles. The van der Waals surface area contributed by atoms with Crippen LogP contribution >= 0.6 is 11.6 Å². The smallest absolute Gasteiger partial charge is 0.257 e. The molecule has 2 aromatic carbocycles. The summed E-state index contributed by atoms with van der Waals surface area (Å²) in [6.07, 6.45) is 0.557. The fourth-order valence-corrected chi connectivity index (χ4v) is 4.72. The first-order chi connectivity index (χ1) is 16.0. The molecule has 2 aliphatic rings. The van der Waals surface area contributed by atoms with Crippen molar-refractivity contribution in [1.29, 1.82) is 0 Å². The Hall–Kier alpha value is -2.61. The highest BCUT2D eigenvalue weighted by Gasteiger charge is 2.36. The lowest BCUT2D eigenvalue weighted by Crippen LogP contribution is -2.49. The minimum absolute atomic E-state index is 0.0210. The monoisotopic (exact) mass is 470 g/mol. The molecule has 1 amide bonds. The molecule has 8 heteroatoms. The van der Waals surface area contributed by atoms with Crippen LogP contribution in [-0.2, 0) is 4.79 Å². The summed E-state index contributed by atoms with van der Waals surface area (Å²) in [6, 6.07) is 13.0. The maximum absolute atomic E-state index is 13.5. The summed E-state index contributed by atoms with van der Waals surface area (Å²) < 4.78 is 10.9. The Morgan fingerprint density at radius 3 is 2.45 bits per heavy atom. The topological polar surface area (TPSA) is 57.6 Å². The van der Waals surface area contributed by atoms with Crippen LogP contribution in [-0.4, -0.2) is 79.9 Å². The van der Waals surface area contributed by atoms with Gasteiger partial charge in [-0.25, -0.2) is 5.01 Å². The van der Waals surface area contributed by atoms with Gasteiger partial charge >= 0.3 is 0 Å². The summed E-state index contributed by atoms with van der Waals surface area (Å²) >= 11 is 6.54. The van der Waals surface area contributed by atoms with Crippen molar-refractivity contribution in [2.24, 2.45) is 5.10 Å². The van der Waals surface area contributed by atoms with Gasteiger partial charge in [0.05, 0.1) is 32.5 Å². The quantitative estimate of drug-likeness (QED) is 0.618. The number of carbonyl (C=O) groups excluding carboxylic acids is 1. The maximum atomic E-state index is 13.5. The van der Waals surface area contributed by atoms with Crippen molar-refractivity contribution in [3.05, 3.63) is 58.6 Å². The number of benzene rings is 2. The van der Waals surface area contributed by atoms with Crippen molar-refractivity contribution in [3.8, 4) is 11.5 Å². The molecular weight excluding hydrogens is 440 g/mol. The highest BCUT2D eigenvalue weighted by atomic mass is 35.5. The van der Waals surface area contributed by atoms with E-state index in [0.29, 0.717) is 29.5 Å². The number of hydrogen-bond donors (Lipinski definition) is 0. The van der Waals surface area contributed by atoms with Crippen LogP contribution in [0.15, 0.2) is 47.6 Å². The Bertz CT molecular complexity index is 1020. The van der Waals surface area contributed by atoms with E-state index < -0.39 is 0 Å². The zero-order valence-electron chi connectivity index (χ0n) is 19.5. The van der Waals surface area contributed by atoms with Crippen LogP contribution in [0.3, 0.4) is 0 Å². The molecule has 0 saturated carbocycles. The highest BCUT2D eigenvalue weighted by Crippen LogP contribution is 2.38. The Balaban J connectivity index is 1.62. The van der Waals surface area contributed by atoms with E-state index in [1.54, 1.807) is 19.2 Å². The Morgan fingerprint density at radius 2 is 1.79 bits per heavy atom. The zero-order valence-corrected chi connectivity index (χ0v) is 20.2. The molecule has 0 spiro atoms. The molecule has 0 N–H and O–H groups in total. The second-order valence-corrected chi connectivity index (χ2v) is 8.71. The minimum atomic E-state index is -0.259. The number of halogens is 1. The van der Waals surface area contributed by atoms with Gasteiger partial charge in [0.25, 0.3) is 5.91 Å². The van der Waals surface area contributed by atoms with E-state index in [1.807, 2.05) is 42.5 Å². The first kappa shape index (κ1) is 23.5. The van der Waals surface area contributed by atoms with Gasteiger partial charge in [-0.05, 0) is 30.3 Å². The van der Waals surface area contributed by atoms with Crippen LogP contribution in [0.25, 0.3) is 0 Å². The van der Waals surface area contributed by atoms with Gasteiger partial charge in [-0.1, -0.05) is 36.7 Å².